The SMILES string of the molecule is C=CCc1cccc2cc(C(=O)Nc3cccc(C)c3C)c(=O)oc12. The zero-order chi connectivity index (χ0) is 18.0. The van der Waals surface area contributed by atoms with Gasteiger partial charge in [0.1, 0.15) is 11.1 Å². The Hall–Kier alpha value is -3.14. The summed E-state index contributed by atoms with van der Waals surface area (Å²) in [6, 6.07) is 12.8. The lowest BCUT2D eigenvalue weighted by Gasteiger charge is -2.10. The molecule has 4 heteroatoms. The lowest BCUT2D eigenvalue weighted by Crippen LogP contribution is -2.21. The molecule has 2 aromatic carbocycles. The van der Waals surface area contributed by atoms with E-state index in [2.05, 4.69) is 11.9 Å². The molecule has 4 nitrogen and oxygen atoms in total. The van der Waals surface area contributed by atoms with E-state index in [1.807, 2.05) is 50.2 Å². The molecule has 0 aliphatic carbocycles. The highest BCUT2D eigenvalue weighted by atomic mass is 16.4. The Morgan fingerprint density at radius 3 is 2.72 bits per heavy atom. The van der Waals surface area contributed by atoms with E-state index >= 15 is 0 Å². The standard InChI is InChI=1S/C21H19NO3/c1-4-7-15-9-6-10-16-12-17(21(24)25-19(15)16)20(23)22-18-11-5-8-13(2)14(18)3/h4-6,8-12H,1,7H2,2-3H3,(H,22,23). The molecule has 0 unspecified atom stereocenters. The normalized spacial score (nSPS) is 10.6. The summed E-state index contributed by atoms with van der Waals surface area (Å²) in [6.45, 7) is 7.60. The van der Waals surface area contributed by atoms with E-state index in [-0.39, 0.29) is 5.56 Å². The molecular formula is C21H19NO3. The second-order valence-electron chi connectivity index (χ2n) is 5.98. The highest BCUT2D eigenvalue weighted by Gasteiger charge is 2.16. The molecule has 0 fully saturated rings. The van der Waals surface area contributed by atoms with E-state index in [4.69, 9.17) is 4.42 Å². The molecule has 3 aromatic rings. The van der Waals surface area contributed by atoms with E-state index in [0.717, 1.165) is 16.7 Å². The van der Waals surface area contributed by atoms with Gasteiger partial charge in [0.25, 0.3) is 5.91 Å². The van der Waals surface area contributed by atoms with Gasteiger partial charge in [-0.05, 0) is 49.1 Å². The number of carbonyl (C=O) groups is 1. The molecule has 0 aliphatic heterocycles. The summed E-state index contributed by atoms with van der Waals surface area (Å²) in [6.07, 6.45) is 2.34. The smallest absolute Gasteiger partial charge is 0.349 e. The molecule has 0 saturated heterocycles. The maximum atomic E-state index is 12.6. The van der Waals surface area contributed by atoms with Crippen LogP contribution in [0.4, 0.5) is 5.69 Å². The molecule has 0 radical (unpaired) electrons. The predicted octanol–water partition coefficient (Wildman–Crippen LogP) is 4.39. The minimum atomic E-state index is -0.646. The van der Waals surface area contributed by atoms with E-state index in [0.29, 0.717) is 23.1 Å². The number of nitrogens with one attached hydrogen (secondary N) is 1. The van der Waals surface area contributed by atoms with Crippen LogP contribution in [0.5, 0.6) is 0 Å². The van der Waals surface area contributed by atoms with Crippen LogP contribution in [0.15, 0.2) is 64.3 Å². The van der Waals surface area contributed by atoms with Crippen molar-refractivity contribution < 1.29 is 9.21 Å². The molecular weight excluding hydrogens is 314 g/mol. The maximum absolute atomic E-state index is 12.6. The average molecular weight is 333 g/mol. The molecule has 1 heterocycles. The van der Waals surface area contributed by atoms with Gasteiger partial charge in [0.05, 0.1) is 0 Å². The Morgan fingerprint density at radius 2 is 1.96 bits per heavy atom. The number of carbonyl (C=O) groups excluding carboxylic acids is 1. The molecule has 1 N–H and O–H groups in total. The Kier molecular flexibility index (Phi) is 4.52. The molecule has 25 heavy (non-hydrogen) atoms. The average Bonchev–Trinajstić information content (AvgIpc) is 2.59. The summed E-state index contributed by atoms with van der Waals surface area (Å²) in [7, 11) is 0. The van der Waals surface area contributed by atoms with Gasteiger partial charge in [-0.25, -0.2) is 4.79 Å². The van der Waals surface area contributed by atoms with E-state index in [1.165, 1.54) is 0 Å². The van der Waals surface area contributed by atoms with Crippen molar-refractivity contribution in [1.82, 2.24) is 0 Å². The van der Waals surface area contributed by atoms with Crippen LogP contribution in [0, 0.1) is 13.8 Å². The second kappa shape index (κ2) is 6.77. The first-order valence-corrected chi connectivity index (χ1v) is 8.05. The lowest BCUT2D eigenvalue weighted by molar-refractivity contribution is 0.102. The Bertz CT molecular complexity index is 1030. The van der Waals surface area contributed by atoms with Crippen molar-refractivity contribution in [2.45, 2.75) is 20.3 Å². The van der Waals surface area contributed by atoms with Crippen LogP contribution in [0.1, 0.15) is 27.0 Å². The molecule has 1 aromatic heterocycles. The Labute approximate surface area is 145 Å². The van der Waals surface area contributed by atoms with Gasteiger partial charge in [0.2, 0.25) is 0 Å². The van der Waals surface area contributed by atoms with Crippen molar-refractivity contribution in [1.29, 1.82) is 0 Å². The van der Waals surface area contributed by atoms with Gasteiger partial charge < -0.3 is 9.73 Å². The number of amides is 1. The van der Waals surface area contributed by atoms with Crippen molar-refractivity contribution >= 4 is 22.6 Å². The van der Waals surface area contributed by atoms with Crippen LogP contribution in [0.3, 0.4) is 0 Å². The minimum Gasteiger partial charge on any atom is -0.422 e. The zero-order valence-electron chi connectivity index (χ0n) is 14.3. The van der Waals surface area contributed by atoms with Crippen molar-refractivity contribution in [2.75, 3.05) is 5.32 Å². The van der Waals surface area contributed by atoms with Gasteiger partial charge in [0.15, 0.2) is 0 Å². The lowest BCUT2D eigenvalue weighted by atomic mass is 10.1. The van der Waals surface area contributed by atoms with Crippen molar-refractivity contribution in [3.05, 3.63) is 87.8 Å². The monoisotopic (exact) mass is 333 g/mol. The first-order chi connectivity index (χ1) is 12.0. The molecule has 0 spiro atoms. The third kappa shape index (κ3) is 3.24. The number of anilines is 1. The van der Waals surface area contributed by atoms with Crippen molar-refractivity contribution in [3.63, 3.8) is 0 Å². The van der Waals surface area contributed by atoms with Crippen molar-refractivity contribution in [3.8, 4) is 0 Å². The highest BCUT2D eigenvalue weighted by Crippen LogP contribution is 2.21. The first-order valence-electron chi connectivity index (χ1n) is 8.05. The third-order valence-corrected chi connectivity index (χ3v) is 4.30. The summed E-state index contributed by atoms with van der Waals surface area (Å²) in [4.78, 5) is 24.9. The van der Waals surface area contributed by atoms with Crippen LogP contribution < -0.4 is 10.9 Å². The number of allylic oxidation sites excluding steroid dienone is 1. The molecule has 126 valence electrons. The molecule has 0 saturated carbocycles. The molecule has 0 aliphatic rings. The number of fused-ring (bicyclic) bond motifs is 1. The van der Waals surface area contributed by atoms with Gasteiger partial charge in [-0.2, -0.15) is 0 Å². The molecule has 3 rings (SSSR count). The minimum absolute atomic E-state index is 0.0100. The number of hydrogen-bond acceptors (Lipinski definition) is 3. The van der Waals surface area contributed by atoms with E-state index in [1.54, 1.807) is 12.1 Å². The first kappa shape index (κ1) is 16.7. The van der Waals surface area contributed by atoms with Gasteiger partial charge in [-0.3, -0.25) is 4.79 Å². The van der Waals surface area contributed by atoms with Crippen LogP contribution in [-0.2, 0) is 6.42 Å². The molecule has 0 atom stereocenters. The summed E-state index contributed by atoms with van der Waals surface area (Å²) in [5.74, 6) is -0.474. The third-order valence-electron chi connectivity index (χ3n) is 4.30. The number of benzene rings is 2. The quantitative estimate of drug-likeness (QED) is 0.569. The zero-order valence-corrected chi connectivity index (χ0v) is 14.3. The summed E-state index contributed by atoms with van der Waals surface area (Å²) in [5.41, 5.74) is 3.43. The summed E-state index contributed by atoms with van der Waals surface area (Å²) in [5, 5.41) is 3.51. The number of hydrogen-bond donors (Lipinski definition) is 1. The van der Waals surface area contributed by atoms with E-state index < -0.39 is 11.5 Å². The fraction of sp³-hybridized carbons (Fsp3) is 0.143. The fourth-order valence-electron chi connectivity index (χ4n) is 2.76. The van der Waals surface area contributed by atoms with Gasteiger partial charge in [0, 0.05) is 11.1 Å². The van der Waals surface area contributed by atoms with Crippen LogP contribution >= 0.6 is 0 Å². The second-order valence-corrected chi connectivity index (χ2v) is 5.98. The maximum Gasteiger partial charge on any atom is 0.349 e. The van der Waals surface area contributed by atoms with Gasteiger partial charge in [-0.15, -0.1) is 6.58 Å². The topological polar surface area (TPSA) is 59.3 Å². The Morgan fingerprint density at radius 1 is 1.20 bits per heavy atom. The largest absolute Gasteiger partial charge is 0.422 e. The van der Waals surface area contributed by atoms with Crippen LogP contribution in [0.2, 0.25) is 0 Å². The van der Waals surface area contributed by atoms with E-state index in [9.17, 15) is 9.59 Å². The summed E-state index contributed by atoms with van der Waals surface area (Å²) >= 11 is 0. The van der Waals surface area contributed by atoms with Crippen molar-refractivity contribution in [2.24, 2.45) is 0 Å². The fourth-order valence-corrected chi connectivity index (χ4v) is 2.76. The van der Waals surface area contributed by atoms with Gasteiger partial charge in [-0.1, -0.05) is 36.4 Å². The number of rotatable bonds is 4. The highest BCUT2D eigenvalue weighted by molar-refractivity contribution is 6.06. The van der Waals surface area contributed by atoms with Gasteiger partial charge >= 0.3 is 5.63 Å². The molecule has 0 bridgehead atoms. The Balaban J connectivity index is 2.02. The van der Waals surface area contributed by atoms with Crippen LogP contribution in [0.25, 0.3) is 11.0 Å². The number of aryl methyl sites for hydroxylation is 1. The predicted molar refractivity (Wildman–Crippen MR) is 100 cm³/mol. The van der Waals surface area contributed by atoms with Crippen LogP contribution in [-0.4, -0.2) is 5.91 Å². The summed E-state index contributed by atoms with van der Waals surface area (Å²) < 4.78 is 5.43. The number of para-hydroxylation sites is 1. The molecule has 1 amide bonds.